The molecule has 1 saturated heterocycles. The van der Waals surface area contributed by atoms with Crippen LogP contribution >= 0.6 is 0 Å². The average Bonchev–Trinajstić information content (AvgIpc) is 3.07. The highest BCUT2D eigenvalue weighted by Gasteiger charge is 2.30. The summed E-state index contributed by atoms with van der Waals surface area (Å²) < 4.78 is 10.3. The van der Waals surface area contributed by atoms with Crippen molar-refractivity contribution in [3.63, 3.8) is 0 Å². The second kappa shape index (κ2) is 8.44. The largest absolute Gasteiger partial charge is 0.497 e. The molecule has 27 heavy (non-hydrogen) atoms. The summed E-state index contributed by atoms with van der Waals surface area (Å²) in [5.74, 6) is 1.54. The van der Waals surface area contributed by atoms with Crippen molar-refractivity contribution in [3.8, 4) is 11.5 Å². The summed E-state index contributed by atoms with van der Waals surface area (Å²) in [6.07, 6.45) is 0.408. The van der Waals surface area contributed by atoms with Gasteiger partial charge in [0.1, 0.15) is 11.5 Å². The number of hydrogen-bond acceptors (Lipinski definition) is 4. The zero-order valence-electron chi connectivity index (χ0n) is 15.4. The molecule has 3 amide bonds. The fourth-order valence-electron chi connectivity index (χ4n) is 3.04. The first-order valence-electron chi connectivity index (χ1n) is 8.72. The molecule has 0 bridgehead atoms. The Morgan fingerprint density at radius 1 is 1.11 bits per heavy atom. The van der Waals surface area contributed by atoms with E-state index in [2.05, 4.69) is 10.6 Å². The predicted molar refractivity (Wildman–Crippen MR) is 103 cm³/mol. The maximum atomic E-state index is 12.3. The van der Waals surface area contributed by atoms with E-state index >= 15 is 0 Å². The molecule has 1 atom stereocenters. The highest BCUT2D eigenvalue weighted by atomic mass is 16.5. The minimum atomic E-state index is -0.307. The van der Waals surface area contributed by atoms with Crippen LogP contribution in [0.1, 0.15) is 6.42 Å². The number of urea groups is 1. The second-order valence-corrected chi connectivity index (χ2v) is 6.34. The van der Waals surface area contributed by atoms with Gasteiger partial charge in [0.05, 0.1) is 14.2 Å². The Balaban J connectivity index is 1.51. The summed E-state index contributed by atoms with van der Waals surface area (Å²) in [5, 5.41) is 5.60. The van der Waals surface area contributed by atoms with Gasteiger partial charge < -0.3 is 25.0 Å². The summed E-state index contributed by atoms with van der Waals surface area (Å²) in [5.41, 5.74) is 1.48. The van der Waals surface area contributed by atoms with E-state index in [1.54, 1.807) is 43.4 Å². The van der Waals surface area contributed by atoms with Crippen LogP contribution in [0.25, 0.3) is 0 Å². The fraction of sp³-hybridized carbons (Fsp3) is 0.300. The lowest BCUT2D eigenvalue weighted by atomic mass is 10.1. The monoisotopic (exact) mass is 369 g/mol. The number of carbonyl (C=O) groups excluding carboxylic acids is 2. The van der Waals surface area contributed by atoms with E-state index in [-0.39, 0.29) is 17.9 Å². The van der Waals surface area contributed by atoms with Crippen LogP contribution in [0.4, 0.5) is 16.2 Å². The van der Waals surface area contributed by atoms with Gasteiger partial charge in [-0.05, 0) is 36.4 Å². The Labute approximate surface area is 158 Å². The Kier molecular flexibility index (Phi) is 5.80. The van der Waals surface area contributed by atoms with Gasteiger partial charge in [-0.15, -0.1) is 0 Å². The topological polar surface area (TPSA) is 79.9 Å². The van der Waals surface area contributed by atoms with Gasteiger partial charge >= 0.3 is 6.03 Å². The maximum Gasteiger partial charge on any atom is 0.319 e. The molecule has 2 N–H and O–H groups in total. The minimum Gasteiger partial charge on any atom is -0.497 e. The number of anilines is 2. The summed E-state index contributed by atoms with van der Waals surface area (Å²) in [6.45, 7) is 0.999. The molecular formula is C20H23N3O4. The smallest absolute Gasteiger partial charge is 0.319 e. The van der Waals surface area contributed by atoms with Crippen LogP contribution in [0.3, 0.4) is 0 Å². The lowest BCUT2D eigenvalue weighted by Gasteiger charge is -2.17. The average molecular weight is 369 g/mol. The number of benzene rings is 2. The van der Waals surface area contributed by atoms with Crippen LogP contribution in [0.5, 0.6) is 11.5 Å². The zero-order valence-corrected chi connectivity index (χ0v) is 15.4. The molecule has 0 spiro atoms. The molecule has 0 aromatic heterocycles. The number of amides is 3. The second-order valence-electron chi connectivity index (χ2n) is 6.34. The van der Waals surface area contributed by atoms with Crippen molar-refractivity contribution in [2.45, 2.75) is 6.42 Å². The molecule has 7 nitrogen and oxygen atoms in total. The minimum absolute atomic E-state index is 0.0557. The molecule has 1 fully saturated rings. The lowest BCUT2D eigenvalue weighted by molar-refractivity contribution is -0.117. The van der Waals surface area contributed by atoms with E-state index in [0.717, 1.165) is 11.4 Å². The zero-order chi connectivity index (χ0) is 19.2. The third kappa shape index (κ3) is 4.69. The molecule has 1 unspecified atom stereocenters. The van der Waals surface area contributed by atoms with Crippen LogP contribution in [0, 0.1) is 5.92 Å². The number of ether oxygens (including phenoxy) is 2. The van der Waals surface area contributed by atoms with Crippen molar-refractivity contribution in [3.05, 3.63) is 48.5 Å². The number of nitrogens with one attached hydrogen (secondary N) is 2. The summed E-state index contributed by atoms with van der Waals surface area (Å²) >= 11 is 0. The standard InChI is InChI=1S/C20H23N3O4/c1-26-17-8-6-16(7-9-17)23-13-14(10-19(23)24)12-21-20(25)22-15-4-3-5-18(11-15)27-2/h3-9,11,14H,10,12-13H2,1-2H3,(H2,21,22,25). The fourth-order valence-corrected chi connectivity index (χ4v) is 3.04. The summed E-state index contributed by atoms with van der Waals surface area (Å²) in [4.78, 5) is 26.1. The van der Waals surface area contributed by atoms with Gasteiger partial charge in [0.15, 0.2) is 0 Å². The molecule has 142 valence electrons. The van der Waals surface area contributed by atoms with Crippen molar-refractivity contribution >= 4 is 23.3 Å². The molecule has 7 heteroatoms. The van der Waals surface area contributed by atoms with Crippen molar-refractivity contribution in [1.29, 1.82) is 0 Å². The van der Waals surface area contributed by atoms with Crippen molar-refractivity contribution in [1.82, 2.24) is 5.32 Å². The first kappa shape index (κ1) is 18.6. The van der Waals surface area contributed by atoms with Crippen molar-refractivity contribution in [2.24, 2.45) is 5.92 Å². The van der Waals surface area contributed by atoms with Crippen molar-refractivity contribution in [2.75, 3.05) is 37.5 Å². The van der Waals surface area contributed by atoms with E-state index in [1.807, 2.05) is 24.3 Å². The number of rotatable bonds is 6. The Bertz CT molecular complexity index is 807. The molecule has 1 aliphatic rings. The third-order valence-corrected chi connectivity index (χ3v) is 4.47. The van der Waals surface area contributed by atoms with Gasteiger partial charge in [-0.25, -0.2) is 4.79 Å². The number of hydrogen-bond donors (Lipinski definition) is 2. The van der Waals surface area contributed by atoms with Crippen LogP contribution in [-0.2, 0) is 4.79 Å². The number of methoxy groups -OCH3 is 2. The van der Waals surface area contributed by atoms with E-state index in [0.29, 0.717) is 30.9 Å². The van der Waals surface area contributed by atoms with Gasteiger partial charge in [0.25, 0.3) is 0 Å². The van der Waals surface area contributed by atoms with Crippen LogP contribution in [-0.4, -0.2) is 39.2 Å². The summed E-state index contributed by atoms with van der Waals surface area (Å²) in [7, 11) is 3.18. The van der Waals surface area contributed by atoms with Gasteiger partial charge in [-0.2, -0.15) is 0 Å². The molecule has 3 rings (SSSR count). The SMILES string of the molecule is COc1ccc(N2CC(CNC(=O)Nc3cccc(OC)c3)CC2=O)cc1. The van der Waals surface area contributed by atoms with Crippen LogP contribution in [0.15, 0.2) is 48.5 Å². The molecule has 1 heterocycles. The molecular weight excluding hydrogens is 346 g/mol. The summed E-state index contributed by atoms with van der Waals surface area (Å²) in [6, 6.07) is 14.2. The molecule has 2 aromatic carbocycles. The first-order chi connectivity index (χ1) is 13.1. The lowest BCUT2D eigenvalue weighted by Crippen LogP contribution is -2.34. The van der Waals surface area contributed by atoms with E-state index in [9.17, 15) is 9.59 Å². The van der Waals surface area contributed by atoms with Gasteiger partial charge in [0.2, 0.25) is 5.91 Å². The Hall–Kier alpha value is -3.22. The first-order valence-corrected chi connectivity index (χ1v) is 8.72. The Morgan fingerprint density at radius 2 is 1.85 bits per heavy atom. The van der Waals surface area contributed by atoms with E-state index in [1.165, 1.54) is 0 Å². The van der Waals surface area contributed by atoms with Gasteiger partial charge in [-0.1, -0.05) is 6.07 Å². The molecule has 1 aliphatic heterocycles. The van der Waals surface area contributed by atoms with Crippen LogP contribution < -0.4 is 25.0 Å². The van der Waals surface area contributed by atoms with E-state index < -0.39 is 0 Å². The van der Waals surface area contributed by atoms with E-state index in [4.69, 9.17) is 9.47 Å². The normalized spacial score (nSPS) is 16.1. The molecule has 0 aliphatic carbocycles. The molecule has 2 aromatic rings. The highest BCUT2D eigenvalue weighted by molar-refractivity contribution is 5.96. The predicted octanol–water partition coefficient (Wildman–Crippen LogP) is 2.88. The number of carbonyl (C=O) groups is 2. The number of nitrogens with zero attached hydrogens (tertiary/aromatic N) is 1. The molecule has 0 radical (unpaired) electrons. The molecule has 0 saturated carbocycles. The highest BCUT2D eigenvalue weighted by Crippen LogP contribution is 2.26. The third-order valence-electron chi connectivity index (χ3n) is 4.47. The maximum absolute atomic E-state index is 12.3. The van der Waals surface area contributed by atoms with Gasteiger partial charge in [0, 0.05) is 42.9 Å². The van der Waals surface area contributed by atoms with Crippen LogP contribution in [0.2, 0.25) is 0 Å². The quantitative estimate of drug-likeness (QED) is 0.821. The Morgan fingerprint density at radius 3 is 2.56 bits per heavy atom. The van der Waals surface area contributed by atoms with Crippen molar-refractivity contribution < 1.29 is 19.1 Å². The van der Waals surface area contributed by atoms with Gasteiger partial charge in [-0.3, -0.25) is 4.79 Å².